The van der Waals surface area contributed by atoms with Crippen molar-refractivity contribution in [2.24, 2.45) is 5.41 Å². The van der Waals surface area contributed by atoms with Gasteiger partial charge in [-0.05, 0) is 6.42 Å². The van der Waals surface area contributed by atoms with Crippen LogP contribution in [0.4, 0.5) is 4.79 Å². The van der Waals surface area contributed by atoms with Crippen LogP contribution in [0.25, 0.3) is 0 Å². The molecule has 1 saturated carbocycles. The molecular weight excluding hydrogens is 292 g/mol. The molecule has 1 heterocycles. The minimum Gasteiger partial charge on any atom is -0.481 e. The number of methoxy groups -OCH3 is 1. The Balaban J connectivity index is 1.94. The topological polar surface area (TPSA) is 78.9 Å². The number of nitrogens with zero attached hydrogens (tertiary/aromatic N) is 1. The number of hydrogen-bond acceptors (Lipinski definition) is 4. The van der Waals surface area contributed by atoms with Gasteiger partial charge in [-0.15, -0.1) is 0 Å². The molecule has 0 bridgehead atoms. The van der Waals surface area contributed by atoms with E-state index in [1.807, 2.05) is 0 Å². The van der Waals surface area contributed by atoms with E-state index in [9.17, 15) is 9.59 Å². The van der Waals surface area contributed by atoms with Crippen molar-refractivity contribution in [1.82, 2.24) is 10.2 Å². The summed E-state index contributed by atoms with van der Waals surface area (Å²) in [5.74, 6) is 0.691. The number of carbonyl (C=O) groups excluding carboxylic acids is 1. The molecule has 3 unspecified atom stereocenters. The van der Waals surface area contributed by atoms with Crippen LogP contribution in [0.3, 0.4) is 0 Å². The van der Waals surface area contributed by atoms with E-state index in [1.54, 1.807) is 23.8 Å². The van der Waals surface area contributed by atoms with Crippen molar-refractivity contribution < 1.29 is 19.4 Å². The molecule has 0 radical (unpaired) electrons. The molecule has 2 aliphatic rings. The molecule has 6 nitrogen and oxygen atoms in total. The number of rotatable bonds is 4. The van der Waals surface area contributed by atoms with E-state index in [-0.39, 0.29) is 36.1 Å². The number of thioether (sulfide) groups is 1. The van der Waals surface area contributed by atoms with Crippen LogP contribution < -0.4 is 5.32 Å². The fourth-order valence-corrected chi connectivity index (χ4v) is 4.12. The van der Waals surface area contributed by atoms with Crippen molar-refractivity contribution in [2.45, 2.75) is 44.9 Å². The lowest BCUT2D eigenvalue weighted by Crippen LogP contribution is -2.64. The molecule has 3 atom stereocenters. The van der Waals surface area contributed by atoms with Crippen LogP contribution in [-0.4, -0.2) is 65.4 Å². The van der Waals surface area contributed by atoms with Crippen molar-refractivity contribution in [2.75, 3.05) is 25.2 Å². The number of carbonyl (C=O) groups is 2. The zero-order valence-corrected chi connectivity index (χ0v) is 13.6. The van der Waals surface area contributed by atoms with Gasteiger partial charge >= 0.3 is 12.0 Å². The number of nitrogens with one attached hydrogen (secondary N) is 1. The number of aliphatic carboxylic acids is 1. The Kier molecular flexibility index (Phi) is 5.03. The zero-order chi connectivity index (χ0) is 15.6. The number of hydrogen-bond donors (Lipinski definition) is 2. The summed E-state index contributed by atoms with van der Waals surface area (Å²) in [5, 5.41) is 12.0. The Hall–Kier alpha value is -0.950. The molecule has 2 fully saturated rings. The number of urea groups is 1. The Morgan fingerprint density at radius 1 is 1.48 bits per heavy atom. The third-order valence-electron chi connectivity index (χ3n) is 4.66. The molecular formula is C14H24N2O4S. The molecule has 2 rings (SSSR count). The fraction of sp³-hybridized carbons (Fsp3) is 0.857. The van der Waals surface area contributed by atoms with E-state index < -0.39 is 5.97 Å². The predicted molar refractivity (Wildman–Crippen MR) is 81.6 cm³/mol. The summed E-state index contributed by atoms with van der Waals surface area (Å²) >= 11 is 1.70. The molecule has 2 amide bonds. The van der Waals surface area contributed by atoms with E-state index in [1.165, 1.54) is 0 Å². The van der Waals surface area contributed by atoms with Crippen LogP contribution in [-0.2, 0) is 9.53 Å². The van der Waals surface area contributed by atoms with Gasteiger partial charge in [-0.2, -0.15) is 11.8 Å². The highest BCUT2D eigenvalue weighted by Crippen LogP contribution is 2.42. The van der Waals surface area contributed by atoms with E-state index in [4.69, 9.17) is 9.84 Å². The summed E-state index contributed by atoms with van der Waals surface area (Å²) in [4.78, 5) is 25.1. The standard InChI is InChI=1S/C14H24N2O4S/c1-14(2)10(7-11(14)20-3)15-13(19)16-4-5-21-8-9(16)6-12(17)18/h9-11H,4-8H2,1-3H3,(H,15,19)(H,17,18). The summed E-state index contributed by atoms with van der Waals surface area (Å²) in [6.07, 6.45) is 0.978. The average Bonchev–Trinajstić information content (AvgIpc) is 2.42. The summed E-state index contributed by atoms with van der Waals surface area (Å²) in [7, 11) is 1.69. The van der Waals surface area contributed by atoms with Crippen molar-refractivity contribution in [3.63, 3.8) is 0 Å². The van der Waals surface area contributed by atoms with Gasteiger partial charge in [0.25, 0.3) is 0 Å². The van der Waals surface area contributed by atoms with Gasteiger partial charge in [-0.25, -0.2) is 4.79 Å². The zero-order valence-electron chi connectivity index (χ0n) is 12.8. The van der Waals surface area contributed by atoms with Crippen molar-refractivity contribution >= 4 is 23.8 Å². The van der Waals surface area contributed by atoms with E-state index in [0.717, 1.165) is 12.2 Å². The van der Waals surface area contributed by atoms with Crippen LogP contribution in [0.2, 0.25) is 0 Å². The molecule has 1 aliphatic carbocycles. The van der Waals surface area contributed by atoms with Gasteiger partial charge in [0.15, 0.2) is 0 Å². The number of ether oxygens (including phenoxy) is 1. The lowest BCUT2D eigenvalue weighted by atomic mass is 9.64. The second-order valence-corrected chi connectivity index (χ2v) is 7.45. The maximum absolute atomic E-state index is 12.4. The highest BCUT2D eigenvalue weighted by molar-refractivity contribution is 7.99. The van der Waals surface area contributed by atoms with Gasteiger partial charge in [0, 0.05) is 36.6 Å². The Morgan fingerprint density at radius 2 is 2.19 bits per heavy atom. The summed E-state index contributed by atoms with van der Waals surface area (Å²) in [6.45, 7) is 4.77. The third-order valence-corrected chi connectivity index (χ3v) is 5.75. The molecule has 7 heteroatoms. The number of amides is 2. The molecule has 0 spiro atoms. The van der Waals surface area contributed by atoms with Gasteiger partial charge in [0.2, 0.25) is 0 Å². The van der Waals surface area contributed by atoms with Gasteiger partial charge in [-0.1, -0.05) is 13.8 Å². The van der Waals surface area contributed by atoms with Crippen molar-refractivity contribution in [3.05, 3.63) is 0 Å². The van der Waals surface area contributed by atoms with Crippen molar-refractivity contribution in [3.8, 4) is 0 Å². The first-order valence-electron chi connectivity index (χ1n) is 7.25. The van der Waals surface area contributed by atoms with Crippen LogP contribution in [0, 0.1) is 5.41 Å². The largest absolute Gasteiger partial charge is 0.481 e. The first-order chi connectivity index (χ1) is 9.86. The predicted octanol–water partition coefficient (Wildman–Crippen LogP) is 1.40. The minimum absolute atomic E-state index is 0.00910. The second kappa shape index (κ2) is 6.44. The number of carboxylic acids is 1. The van der Waals surface area contributed by atoms with Crippen LogP contribution in [0.5, 0.6) is 0 Å². The van der Waals surface area contributed by atoms with Crippen molar-refractivity contribution in [1.29, 1.82) is 0 Å². The maximum atomic E-state index is 12.4. The lowest BCUT2D eigenvalue weighted by molar-refractivity contribution is -0.138. The number of carboxylic acid groups (broad SMARTS) is 1. The SMILES string of the molecule is COC1CC(NC(=O)N2CCSCC2CC(=O)O)C1(C)C. The van der Waals surface area contributed by atoms with E-state index in [2.05, 4.69) is 19.2 Å². The van der Waals surface area contributed by atoms with Gasteiger partial charge < -0.3 is 20.1 Å². The highest BCUT2D eigenvalue weighted by atomic mass is 32.2. The highest BCUT2D eigenvalue weighted by Gasteiger charge is 2.49. The first kappa shape index (κ1) is 16.4. The Bertz CT molecular complexity index is 416. The van der Waals surface area contributed by atoms with Gasteiger partial charge in [-0.3, -0.25) is 4.79 Å². The average molecular weight is 316 g/mol. The molecule has 21 heavy (non-hydrogen) atoms. The Labute approximate surface area is 129 Å². The summed E-state index contributed by atoms with van der Waals surface area (Å²) in [5.41, 5.74) is -0.0861. The quantitative estimate of drug-likeness (QED) is 0.820. The Morgan fingerprint density at radius 3 is 2.76 bits per heavy atom. The molecule has 2 N–H and O–H groups in total. The van der Waals surface area contributed by atoms with E-state index >= 15 is 0 Å². The monoisotopic (exact) mass is 316 g/mol. The lowest BCUT2D eigenvalue weighted by Gasteiger charge is -2.51. The fourth-order valence-electron chi connectivity index (χ4n) is 3.06. The van der Waals surface area contributed by atoms with Crippen LogP contribution in [0.15, 0.2) is 0 Å². The smallest absolute Gasteiger partial charge is 0.317 e. The minimum atomic E-state index is -0.858. The van der Waals surface area contributed by atoms with E-state index in [0.29, 0.717) is 12.3 Å². The van der Waals surface area contributed by atoms with Gasteiger partial charge in [0.1, 0.15) is 0 Å². The maximum Gasteiger partial charge on any atom is 0.317 e. The van der Waals surface area contributed by atoms with Gasteiger partial charge in [0.05, 0.1) is 18.6 Å². The van der Waals surface area contributed by atoms with Crippen LogP contribution in [0.1, 0.15) is 26.7 Å². The molecule has 1 aliphatic heterocycles. The van der Waals surface area contributed by atoms with Crippen LogP contribution >= 0.6 is 11.8 Å². The second-order valence-electron chi connectivity index (χ2n) is 6.30. The molecule has 0 aromatic carbocycles. The molecule has 0 aromatic rings. The molecule has 1 saturated heterocycles. The molecule has 120 valence electrons. The summed E-state index contributed by atoms with van der Waals surface area (Å²) in [6, 6.07) is -0.285. The third kappa shape index (κ3) is 3.45. The first-order valence-corrected chi connectivity index (χ1v) is 8.41. The normalized spacial score (nSPS) is 31.4. The molecule has 0 aromatic heterocycles. The summed E-state index contributed by atoms with van der Waals surface area (Å²) < 4.78 is 5.39.